The number of thiophene rings is 1. The molecule has 0 aliphatic heterocycles. The van der Waals surface area contributed by atoms with Gasteiger partial charge in [0, 0.05) is 11.3 Å². The van der Waals surface area contributed by atoms with Gasteiger partial charge in [-0.3, -0.25) is 9.59 Å². The molecule has 0 amide bonds. The molecule has 0 bridgehead atoms. The average molecular weight is 380 g/mol. The summed E-state index contributed by atoms with van der Waals surface area (Å²) >= 11 is 1.40. The van der Waals surface area contributed by atoms with E-state index in [4.69, 9.17) is 4.74 Å². The van der Waals surface area contributed by atoms with Crippen molar-refractivity contribution in [3.63, 3.8) is 0 Å². The zero-order valence-corrected chi connectivity index (χ0v) is 15.6. The number of carbonyl (C=O) groups is 2. The Morgan fingerprint density at radius 3 is 2.40 bits per heavy atom. The van der Waals surface area contributed by atoms with Crippen LogP contribution in [0, 0.1) is 6.92 Å². The Bertz CT molecular complexity index is 822. The molecule has 0 aliphatic carbocycles. The maximum Gasteiger partial charge on any atom is 0.306 e. The van der Waals surface area contributed by atoms with Crippen molar-refractivity contribution in [2.24, 2.45) is 0 Å². The third-order valence-corrected chi connectivity index (χ3v) is 6.35. The van der Waals surface area contributed by atoms with Gasteiger partial charge in [0.15, 0.2) is 15.6 Å². The van der Waals surface area contributed by atoms with Gasteiger partial charge in [-0.2, -0.15) is 0 Å². The molecule has 0 unspecified atom stereocenters. The number of benzene rings is 1. The molecule has 0 spiro atoms. The maximum absolute atomic E-state index is 12.1. The van der Waals surface area contributed by atoms with Gasteiger partial charge in [0.1, 0.15) is 0 Å². The molecule has 2 aromatic rings. The minimum atomic E-state index is -3.36. The Labute approximate surface area is 151 Å². The maximum atomic E-state index is 12.1. The first-order valence-electron chi connectivity index (χ1n) is 7.91. The van der Waals surface area contributed by atoms with Crippen molar-refractivity contribution in [2.45, 2.75) is 31.1 Å². The van der Waals surface area contributed by atoms with Crippen molar-refractivity contribution in [3.05, 3.63) is 52.2 Å². The summed E-state index contributed by atoms with van der Waals surface area (Å²) in [4.78, 5) is 25.5. The first-order chi connectivity index (χ1) is 11.9. The second kappa shape index (κ2) is 8.92. The SMILES string of the molecule is Cc1ccc(C(=O)CCC(=O)OCCCS(=O)(=O)c2ccccc2)s1. The lowest BCUT2D eigenvalue weighted by Gasteiger charge is -2.06. The molecule has 2 rings (SSSR count). The summed E-state index contributed by atoms with van der Waals surface area (Å²) in [5.74, 6) is -0.655. The summed E-state index contributed by atoms with van der Waals surface area (Å²) in [6.45, 7) is 1.94. The monoisotopic (exact) mass is 380 g/mol. The number of rotatable bonds is 9. The molecule has 1 aromatic heterocycles. The fourth-order valence-corrected chi connectivity index (χ4v) is 4.32. The summed E-state index contributed by atoms with van der Waals surface area (Å²) in [6.07, 6.45) is 0.323. The van der Waals surface area contributed by atoms with Crippen molar-refractivity contribution in [1.29, 1.82) is 0 Å². The number of Topliss-reactive ketones (excluding diaryl/α,β-unsaturated/α-hetero) is 1. The number of ketones is 1. The smallest absolute Gasteiger partial charge is 0.306 e. The molecule has 1 heterocycles. The van der Waals surface area contributed by atoms with Gasteiger partial charge in [0.2, 0.25) is 0 Å². The van der Waals surface area contributed by atoms with Crippen LogP contribution in [0.3, 0.4) is 0 Å². The first-order valence-corrected chi connectivity index (χ1v) is 10.4. The molecular weight excluding hydrogens is 360 g/mol. The number of hydrogen-bond donors (Lipinski definition) is 0. The van der Waals surface area contributed by atoms with E-state index in [1.165, 1.54) is 11.3 Å². The standard InChI is InChI=1S/C18H20O5S2/c1-14-8-10-17(24-14)16(19)9-11-18(20)23-12-5-13-25(21,22)15-6-3-2-4-7-15/h2-4,6-8,10H,5,9,11-13H2,1H3. The van der Waals surface area contributed by atoms with Crippen molar-refractivity contribution in [2.75, 3.05) is 12.4 Å². The number of sulfone groups is 1. The predicted octanol–water partition coefficient (Wildman–Crippen LogP) is 3.43. The molecule has 0 radical (unpaired) electrons. The van der Waals surface area contributed by atoms with E-state index in [1.807, 2.05) is 13.0 Å². The molecule has 25 heavy (non-hydrogen) atoms. The van der Waals surface area contributed by atoms with Crippen LogP contribution in [0.1, 0.15) is 33.8 Å². The molecule has 0 N–H and O–H groups in total. The third kappa shape index (κ3) is 6.10. The van der Waals surface area contributed by atoms with E-state index in [0.29, 0.717) is 4.88 Å². The molecular formula is C18H20O5S2. The number of ether oxygens (including phenoxy) is 1. The van der Waals surface area contributed by atoms with Gasteiger partial charge in [-0.25, -0.2) is 8.42 Å². The van der Waals surface area contributed by atoms with E-state index in [-0.39, 0.29) is 42.3 Å². The summed E-state index contributed by atoms with van der Waals surface area (Å²) in [5.41, 5.74) is 0. The van der Waals surface area contributed by atoms with Crippen LogP contribution in [0.4, 0.5) is 0 Å². The normalized spacial score (nSPS) is 11.2. The van der Waals surface area contributed by atoms with E-state index in [2.05, 4.69) is 0 Å². The number of hydrogen-bond acceptors (Lipinski definition) is 6. The molecule has 0 fully saturated rings. The lowest BCUT2D eigenvalue weighted by Crippen LogP contribution is -2.12. The van der Waals surface area contributed by atoms with Crippen LogP contribution >= 0.6 is 11.3 Å². The van der Waals surface area contributed by atoms with Gasteiger partial charge in [0.25, 0.3) is 0 Å². The Morgan fingerprint density at radius 1 is 1.04 bits per heavy atom. The van der Waals surface area contributed by atoms with Gasteiger partial charge in [-0.15, -0.1) is 11.3 Å². The van der Waals surface area contributed by atoms with E-state index < -0.39 is 15.8 Å². The van der Waals surface area contributed by atoms with Gasteiger partial charge in [-0.05, 0) is 37.6 Å². The van der Waals surface area contributed by atoms with Crippen molar-refractivity contribution in [1.82, 2.24) is 0 Å². The number of aryl methyl sites for hydroxylation is 1. The lowest BCUT2D eigenvalue weighted by molar-refractivity contribution is -0.143. The lowest BCUT2D eigenvalue weighted by atomic mass is 10.2. The highest BCUT2D eigenvalue weighted by Gasteiger charge is 2.15. The molecule has 0 saturated heterocycles. The Kier molecular flexibility index (Phi) is 6.90. The highest BCUT2D eigenvalue weighted by molar-refractivity contribution is 7.91. The largest absolute Gasteiger partial charge is 0.466 e. The molecule has 7 heteroatoms. The summed E-state index contributed by atoms with van der Waals surface area (Å²) in [7, 11) is -3.36. The van der Waals surface area contributed by atoms with Crippen LogP contribution in [0.15, 0.2) is 47.4 Å². The molecule has 0 aliphatic rings. The Balaban J connectivity index is 1.68. The van der Waals surface area contributed by atoms with Crippen LogP contribution in [0.25, 0.3) is 0 Å². The van der Waals surface area contributed by atoms with E-state index in [1.54, 1.807) is 36.4 Å². The van der Waals surface area contributed by atoms with Gasteiger partial charge >= 0.3 is 5.97 Å². The van der Waals surface area contributed by atoms with Crippen LogP contribution in [-0.4, -0.2) is 32.5 Å². The van der Waals surface area contributed by atoms with E-state index in [0.717, 1.165) is 4.88 Å². The fraction of sp³-hybridized carbons (Fsp3) is 0.333. The van der Waals surface area contributed by atoms with E-state index >= 15 is 0 Å². The second-order valence-corrected chi connectivity index (χ2v) is 8.94. The Morgan fingerprint density at radius 2 is 1.76 bits per heavy atom. The first kappa shape index (κ1) is 19.3. The third-order valence-electron chi connectivity index (χ3n) is 3.49. The zero-order valence-electron chi connectivity index (χ0n) is 13.9. The number of carbonyl (C=O) groups excluding carboxylic acids is 2. The van der Waals surface area contributed by atoms with Crippen LogP contribution in [-0.2, 0) is 19.4 Å². The highest BCUT2D eigenvalue weighted by Crippen LogP contribution is 2.17. The van der Waals surface area contributed by atoms with Gasteiger partial charge in [0.05, 0.1) is 28.6 Å². The Hall–Kier alpha value is -1.99. The van der Waals surface area contributed by atoms with Crippen molar-refractivity contribution < 1.29 is 22.7 Å². The van der Waals surface area contributed by atoms with Crippen LogP contribution in [0.5, 0.6) is 0 Å². The van der Waals surface area contributed by atoms with E-state index in [9.17, 15) is 18.0 Å². The summed E-state index contributed by atoms with van der Waals surface area (Å²) in [6, 6.07) is 11.8. The summed E-state index contributed by atoms with van der Waals surface area (Å²) < 4.78 is 29.1. The molecule has 5 nitrogen and oxygen atoms in total. The van der Waals surface area contributed by atoms with Crippen LogP contribution < -0.4 is 0 Å². The highest BCUT2D eigenvalue weighted by atomic mass is 32.2. The second-order valence-electron chi connectivity index (χ2n) is 5.54. The zero-order chi connectivity index (χ0) is 18.3. The van der Waals surface area contributed by atoms with Crippen molar-refractivity contribution in [3.8, 4) is 0 Å². The molecule has 1 aromatic carbocycles. The van der Waals surface area contributed by atoms with Gasteiger partial charge < -0.3 is 4.74 Å². The van der Waals surface area contributed by atoms with Crippen molar-refractivity contribution >= 4 is 32.9 Å². The van der Waals surface area contributed by atoms with Gasteiger partial charge in [-0.1, -0.05) is 18.2 Å². The average Bonchev–Trinajstić information content (AvgIpc) is 3.04. The topological polar surface area (TPSA) is 77.5 Å². The molecule has 134 valence electrons. The predicted molar refractivity (Wildman–Crippen MR) is 96.7 cm³/mol. The minimum absolute atomic E-state index is 0.00121. The number of esters is 1. The fourth-order valence-electron chi connectivity index (χ4n) is 2.18. The minimum Gasteiger partial charge on any atom is -0.466 e. The molecule has 0 saturated carbocycles. The van der Waals surface area contributed by atoms with Crippen LogP contribution in [0.2, 0.25) is 0 Å². The summed E-state index contributed by atoms with van der Waals surface area (Å²) in [5, 5.41) is 0. The molecule has 0 atom stereocenters. The quantitative estimate of drug-likeness (QED) is 0.378.